The highest BCUT2D eigenvalue weighted by Gasteiger charge is 2.19. The third-order valence-corrected chi connectivity index (χ3v) is 3.82. The number of benzene rings is 1. The summed E-state index contributed by atoms with van der Waals surface area (Å²) >= 11 is 6.18. The molecule has 0 bridgehead atoms. The Hall–Kier alpha value is -0.810. The van der Waals surface area contributed by atoms with Gasteiger partial charge in [0.2, 0.25) is 5.91 Å². The summed E-state index contributed by atoms with van der Waals surface area (Å²) in [4.78, 5) is 14.3. The molecule has 1 unspecified atom stereocenters. The first kappa shape index (κ1) is 21.2. The monoisotopic (exact) mass is 348 g/mol. The molecule has 0 spiro atoms. The summed E-state index contributed by atoms with van der Waals surface area (Å²) in [6.07, 6.45) is 2.09. The Morgan fingerprint density at radius 2 is 2.09 bits per heavy atom. The molecule has 6 heteroatoms. The van der Waals surface area contributed by atoms with Crippen LogP contribution in [0.1, 0.15) is 31.7 Å². The van der Waals surface area contributed by atoms with Gasteiger partial charge in [0.25, 0.3) is 0 Å². The standard InChI is InChI=1S/C16H25ClN2O2.ClH/c1-3-4-9-19(16(20)10-14(11-18)21-2)12-13-7-5-6-8-15(13)17;/h5-8,14H,3-4,9-12,18H2,1-2H3;1H. The zero-order valence-corrected chi connectivity index (χ0v) is 14.8. The van der Waals surface area contributed by atoms with Crippen LogP contribution in [0.15, 0.2) is 24.3 Å². The van der Waals surface area contributed by atoms with Crippen molar-refractivity contribution < 1.29 is 9.53 Å². The predicted molar refractivity (Wildman–Crippen MR) is 93.5 cm³/mol. The van der Waals surface area contributed by atoms with E-state index in [-0.39, 0.29) is 24.4 Å². The minimum Gasteiger partial charge on any atom is -0.380 e. The van der Waals surface area contributed by atoms with E-state index in [9.17, 15) is 4.79 Å². The van der Waals surface area contributed by atoms with Gasteiger partial charge in [0.05, 0.1) is 12.5 Å². The largest absolute Gasteiger partial charge is 0.380 e. The summed E-state index contributed by atoms with van der Waals surface area (Å²) in [5.74, 6) is 0.0562. The van der Waals surface area contributed by atoms with Crippen LogP contribution in [0.2, 0.25) is 5.02 Å². The van der Waals surface area contributed by atoms with Crippen LogP contribution in [0.3, 0.4) is 0 Å². The lowest BCUT2D eigenvalue weighted by atomic mass is 10.1. The maximum Gasteiger partial charge on any atom is 0.225 e. The van der Waals surface area contributed by atoms with E-state index in [1.54, 1.807) is 7.11 Å². The van der Waals surface area contributed by atoms with Gasteiger partial charge < -0.3 is 15.4 Å². The average molecular weight is 349 g/mol. The SMILES string of the molecule is CCCCN(Cc1ccccc1Cl)C(=O)CC(CN)OC.Cl. The molecule has 0 aliphatic carbocycles. The van der Waals surface area contributed by atoms with Gasteiger partial charge in [0.1, 0.15) is 0 Å². The molecule has 0 heterocycles. The summed E-state index contributed by atoms with van der Waals surface area (Å²) in [6.45, 7) is 3.70. The van der Waals surface area contributed by atoms with Crippen LogP contribution in [0, 0.1) is 0 Å². The third-order valence-electron chi connectivity index (χ3n) is 3.45. The number of unbranched alkanes of at least 4 members (excludes halogenated alkanes) is 1. The van der Waals surface area contributed by atoms with E-state index in [0.717, 1.165) is 24.9 Å². The van der Waals surface area contributed by atoms with Crippen LogP contribution in [0.4, 0.5) is 0 Å². The molecule has 0 fully saturated rings. The zero-order chi connectivity index (χ0) is 15.7. The summed E-state index contributed by atoms with van der Waals surface area (Å²) in [5.41, 5.74) is 6.55. The smallest absolute Gasteiger partial charge is 0.225 e. The first-order valence-electron chi connectivity index (χ1n) is 7.36. The molecule has 0 aliphatic rings. The third kappa shape index (κ3) is 6.97. The zero-order valence-electron chi connectivity index (χ0n) is 13.3. The second-order valence-electron chi connectivity index (χ2n) is 5.06. The van der Waals surface area contributed by atoms with E-state index in [1.807, 2.05) is 29.2 Å². The predicted octanol–water partition coefficient (Wildman–Crippen LogP) is 3.25. The van der Waals surface area contributed by atoms with Crippen LogP contribution in [0.5, 0.6) is 0 Å². The number of nitrogens with zero attached hydrogens (tertiary/aromatic N) is 1. The molecule has 2 N–H and O–H groups in total. The molecular formula is C16H26Cl2N2O2. The number of carbonyl (C=O) groups excluding carboxylic acids is 1. The first-order chi connectivity index (χ1) is 10.1. The van der Waals surface area contributed by atoms with Crippen LogP contribution in [0.25, 0.3) is 0 Å². The quantitative estimate of drug-likeness (QED) is 0.745. The molecule has 0 saturated heterocycles. The Morgan fingerprint density at radius 3 is 2.64 bits per heavy atom. The second kappa shape index (κ2) is 11.7. The van der Waals surface area contributed by atoms with Crippen LogP contribution < -0.4 is 5.73 Å². The van der Waals surface area contributed by atoms with Crippen molar-refractivity contribution in [2.45, 2.75) is 38.8 Å². The molecule has 0 aromatic heterocycles. The number of methoxy groups -OCH3 is 1. The lowest BCUT2D eigenvalue weighted by Crippen LogP contribution is -2.36. The van der Waals surface area contributed by atoms with Crippen LogP contribution in [-0.4, -0.2) is 37.1 Å². The van der Waals surface area contributed by atoms with Crippen molar-refractivity contribution in [3.05, 3.63) is 34.9 Å². The molecule has 1 amide bonds. The normalized spacial score (nSPS) is 11.6. The molecule has 0 saturated carbocycles. The van der Waals surface area contributed by atoms with Crippen molar-refractivity contribution in [3.8, 4) is 0 Å². The van der Waals surface area contributed by atoms with Gasteiger partial charge in [-0.05, 0) is 18.1 Å². The Bertz CT molecular complexity index is 440. The van der Waals surface area contributed by atoms with Gasteiger partial charge in [0, 0.05) is 31.8 Å². The molecule has 1 aromatic rings. The summed E-state index contributed by atoms with van der Waals surface area (Å²) in [5, 5.41) is 0.689. The Labute approximate surface area is 144 Å². The fraction of sp³-hybridized carbons (Fsp3) is 0.562. The van der Waals surface area contributed by atoms with Gasteiger partial charge >= 0.3 is 0 Å². The second-order valence-corrected chi connectivity index (χ2v) is 5.46. The van der Waals surface area contributed by atoms with E-state index < -0.39 is 0 Å². The van der Waals surface area contributed by atoms with Crippen molar-refractivity contribution in [2.24, 2.45) is 5.73 Å². The molecule has 1 aromatic carbocycles. The van der Waals surface area contributed by atoms with E-state index in [4.69, 9.17) is 22.1 Å². The Morgan fingerprint density at radius 1 is 1.41 bits per heavy atom. The summed E-state index contributed by atoms with van der Waals surface area (Å²) in [7, 11) is 1.58. The number of carbonyl (C=O) groups is 1. The van der Waals surface area contributed by atoms with E-state index in [2.05, 4.69) is 6.92 Å². The number of hydrogen-bond donors (Lipinski definition) is 1. The Kier molecular flexibility index (Phi) is 11.3. The van der Waals surface area contributed by atoms with E-state index in [0.29, 0.717) is 24.5 Å². The van der Waals surface area contributed by atoms with Gasteiger partial charge in [0.15, 0.2) is 0 Å². The van der Waals surface area contributed by atoms with Crippen LogP contribution >= 0.6 is 24.0 Å². The fourth-order valence-corrected chi connectivity index (χ4v) is 2.26. The molecule has 22 heavy (non-hydrogen) atoms. The molecule has 126 valence electrons. The highest BCUT2D eigenvalue weighted by Crippen LogP contribution is 2.18. The van der Waals surface area contributed by atoms with Crippen molar-refractivity contribution >= 4 is 29.9 Å². The fourth-order valence-electron chi connectivity index (χ4n) is 2.06. The van der Waals surface area contributed by atoms with Crippen molar-refractivity contribution in [1.29, 1.82) is 0 Å². The molecule has 0 radical (unpaired) electrons. The number of ether oxygens (including phenoxy) is 1. The number of rotatable bonds is 9. The lowest BCUT2D eigenvalue weighted by molar-refractivity contribution is -0.134. The van der Waals surface area contributed by atoms with E-state index >= 15 is 0 Å². The Balaban J connectivity index is 0.00000441. The highest BCUT2D eigenvalue weighted by molar-refractivity contribution is 6.31. The van der Waals surface area contributed by atoms with Crippen molar-refractivity contribution in [1.82, 2.24) is 4.90 Å². The van der Waals surface area contributed by atoms with Gasteiger partial charge in [-0.3, -0.25) is 4.79 Å². The number of amides is 1. The molecule has 1 rings (SSSR count). The lowest BCUT2D eigenvalue weighted by Gasteiger charge is -2.25. The first-order valence-corrected chi connectivity index (χ1v) is 7.74. The average Bonchev–Trinajstić information content (AvgIpc) is 2.50. The van der Waals surface area contributed by atoms with Gasteiger partial charge in [-0.1, -0.05) is 43.1 Å². The van der Waals surface area contributed by atoms with Gasteiger partial charge in [-0.15, -0.1) is 12.4 Å². The molecule has 0 aliphatic heterocycles. The summed E-state index contributed by atoms with van der Waals surface area (Å²) in [6, 6.07) is 7.61. The molecular weight excluding hydrogens is 323 g/mol. The van der Waals surface area contributed by atoms with Crippen molar-refractivity contribution in [2.75, 3.05) is 20.2 Å². The number of hydrogen-bond acceptors (Lipinski definition) is 3. The minimum atomic E-state index is -0.229. The maximum atomic E-state index is 12.4. The number of nitrogens with two attached hydrogens (primary N) is 1. The van der Waals surface area contributed by atoms with Crippen LogP contribution in [-0.2, 0) is 16.1 Å². The molecule has 1 atom stereocenters. The van der Waals surface area contributed by atoms with E-state index in [1.165, 1.54) is 0 Å². The topological polar surface area (TPSA) is 55.6 Å². The number of halogens is 2. The molecule has 4 nitrogen and oxygen atoms in total. The summed E-state index contributed by atoms with van der Waals surface area (Å²) < 4.78 is 5.20. The van der Waals surface area contributed by atoms with Gasteiger partial charge in [-0.25, -0.2) is 0 Å². The maximum absolute atomic E-state index is 12.4. The van der Waals surface area contributed by atoms with Gasteiger partial charge in [-0.2, -0.15) is 0 Å². The minimum absolute atomic E-state index is 0. The highest BCUT2D eigenvalue weighted by atomic mass is 35.5. The van der Waals surface area contributed by atoms with Crippen molar-refractivity contribution in [3.63, 3.8) is 0 Å².